The van der Waals surface area contributed by atoms with Gasteiger partial charge in [0.25, 0.3) is 0 Å². The Hall–Kier alpha value is -2.10. The van der Waals surface area contributed by atoms with E-state index < -0.39 is 0 Å². The van der Waals surface area contributed by atoms with Crippen molar-refractivity contribution in [2.24, 2.45) is 0 Å². The van der Waals surface area contributed by atoms with Gasteiger partial charge in [-0.1, -0.05) is 6.07 Å². The van der Waals surface area contributed by atoms with Crippen molar-refractivity contribution < 1.29 is 4.39 Å². The van der Waals surface area contributed by atoms with Crippen LogP contribution in [0.2, 0.25) is 0 Å². The first kappa shape index (κ1) is 10.1. The zero-order chi connectivity index (χ0) is 11.8. The van der Waals surface area contributed by atoms with Crippen LogP contribution in [-0.2, 0) is 6.42 Å². The lowest BCUT2D eigenvalue weighted by Gasteiger charge is -2.19. The summed E-state index contributed by atoms with van der Waals surface area (Å²) in [7, 11) is 0. The topological polar surface area (TPSA) is 42.1 Å². The molecule has 0 unspecified atom stereocenters. The molecule has 0 atom stereocenters. The number of fused-ring (bicyclic) bond motifs is 1. The summed E-state index contributed by atoms with van der Waals surface area (Å²) in [6.45, 7) is 0.837. The van der Waals surface area contributed by atoms with Gasteiger partial charge in [-0.25, -0.2) is 4.39 Å². The molecule has 3 rings (SSSR count). The van der Waals surface area contributed by atoms with Crippen LogP contribution in [0.15, 0.2) is 36.7 Å². The fourth-order valence-corrected chi connectivity index (χ4v) is 2.21. The van der Waals surface area contributed by atoms with E-state index in [0.29, 0.717) is 5.69 Å². The van der Waals surface area contributed by atoms with Crippen LogP contribution in [0.3, 0.4) is 0 Å². The summed E-state index contributed by atoms with van der Waals surface area (Å²) < 4.78 is 13.3. The zero-order valence-electron chi connectivity index (χ0n) is 9.23. The molecule has 0 amide bonds. The summed E-state index contributed by atoms with van der Waals surface area (Å²) in [5, 5.41) is 0. The number of anilines is 3. The van der Waals surface area contributed by atoms with Gasteiger partial charge in [0.1, 0.15) is 5.82 Å². The second kappa shape index (κ2) is 3.73. The zero-order valence-corrected chi connectivity index (χ0v) is 9.23. The minimum Gasteiger partial charge on any atom is -0.397 e. The molecule has 0 bridgehead atoms. The number of nitrogens with zero attached hydrogens (tertiary/aromatic N) is 2. The second-order valence-electron chi connectivity index (χ2n) is 4.15. The van der Waals surface area contributed by atoms with Crippen LogP contribution < -0.4 is 10.6 Å². The second-order valence-corrected chi connectivity index (χ2v) is 4.15. The Kier molecular flexibility index (Phi) is 2.21. The molecule has 0 fully saturated rings. The average molecular weight is 229 g/mol. The molecule has 17 heavy (non-hydrogen) atoms. The van der Waals surface area contributed by atoms with Gasteiger partial charge < -0.3 is 10.6 Å². The fourth-order valence-electron chi connectivity index (χ4n) is 2.21. The van der Waals surface area contributed by atoms with E-state index in [9.17, 15) is 4.39 Å². The molecule has 1 aromatic carbocycles. The van der Waals surface area contributed by atoms with Crippen LogP contribution in [0.5, 0.6) is 0 Å². The van der Waals surface area contributed by atoms with Crippen molar-refractivity contribution in [3.63, 3.8) is 0 Å². The lowest BCUT2D eigenvalue weighted by Crippen LogP contribution is -2.13. The Morgan fingerprint density at radius 1 is 1.24 bits per heavy atom. The molecule has 0 saturated heterocycles. The molecule has 4 heteroatoms. The third kappa shape index (κ3) is 1.71. The van der Waals surface area contributed by atoms with Gasteiger partial charge in [0, 0.05) is 18.4 Å². The van der Waals surface area contributed by atoms with Crippen LogP contribution in [0.4, 0.5) is 21.5 Å². The Morgan fingerprint density at radius 2 is 2.12 bits per heavy atom. The highest BCUT2D eigenvalue weighted by molar-refractivity contribution is 5.70. The molecule has 0 spiro atoms. The van der Waals surface area contributed by atoms with Crippen LogP contribution in [-0.4, -0.2) is 11.5 Å². The van der Waals surface area contributed by atoms with E-state index in [4.69, 9.17) is 5.73 Å². The first-order valence-corrected chi connectivity index (χ1v) is 5.50. The third-order valence-corrected chi connectivity index (χ3v) is 3.00. The maximum Gasteiger partial charge on any atom is 0.125 e. The number of halogens is 1. The number of nitrogens with two attached hydrogens (primary N) is 1. The molecule has 0 aliphatic carbocycles. The molecule has 2 heterocycles. The van der Waals surface area contributed by atoms with Gasteiger partial charge in [-0.2, -0.15) is 0 Å². The molecule has 2 N–H and O–H groups in total. The van der Waals surface area contributed by atoms with Gasteiger partial charge in [0.2, 0.25) is 0 Å². The van der Waals surface area contributed by atoms with Crippen molar-refractivity contribution in [3.8, 4) is 0 Å². The normalized spacial score (nSPS) is 13.8. The van der Waals surface area contributed by atoms with Gasteiger partial charge in [-0.05, 0) is 30.2 Å². The first-order chi connectivity index (χ1) is 8.24. The van der Waals surface area contributed by atoms with Crippen molar-refractivity contribution in [3.05, 3.63) is 48.0 Å². The van der Waals surface area contributed by atoms with E-state index in [0.717, 1.165) is 29.9 Å². The van der Waals surface area contributed by atoms with Crippen molar-refractivity contribution in [2.75, 3.05) is 17.2 Å². The van der Waals surface area contributed by atoms with Crippen LogP contribution in [0, 0.1) is 5.82 Å². The fraction of sp³-hybridized carbons (Fsp3) is 0.154. The van der Waals surface area contributed by atoms with E-state index in [1.807, 2.05) is 17.0 Å². The summed E-state index contributed by atoms with van der Waals surface area (Å²) in [5.74, 6) is -0.215. The van der Waals surface area contributed by atoms with Crippen molar-refractivity contribution >= 4 is 17.1 Å². The minimum absolute atomic E-state index is 0.215. The van der Waals surface area contributed by atoms with Gasteiger partial charge in [-0.15, -0.1) is 0 Å². The van der Waals surface area contributed by atoms with Crippen LogP contribution in [0.25, 0.3) is 0 Å². The summed E-state index contributed by atoms with van der Waals surface area (Å²) in [6.07, 6.45) is 4.27. The molecule has 1 aliphatic rings. The van der Waals surface area contributed by atoms with Crippen LogP contribution >= 0.6 is 0 Å². The van der Waals surface area contributed by atoms with Gasteiger partial charge in [-0.3, -0.25) is 4.98 Å². The lowest BCUT2D eigenvalue weighted by atomic mass is 10.1. The average Bonchev–Trinajstić information content (AvgIpc) is 2.71. The summed E-state index contributed by atoms with van der Waals surface area (Å²) in [6, 6.07) is 6.75. The molecule has 0 radical (unpaired) electrons. The molecule has 3 nitrogen and oxygen atoms in total. The Bertz CT molecular complexity index is 568. The quantitative estimate of drug-likeness (QED) is 0.816. The van der Waals surface area contributed by atoms with E-state index in [2.05, 4.69) is 4.98 Å². The van der Waals surface area contributed by atoms with E-state index >= 15 is 0 Å². The monoisotopic (exact) mass is 229 g/mol. The molecule has 0 saturated carbocycles. The number of benzene rings is 1. The number of hydrogen-bond acceptors (Lipinski definition) is 3. The van der Waals surface area contributed by atoms with Gasteiger partial charge in [0.15, 0.2) is 0 Å². The highest BCUT2D eigenvalue weighted by atomic mass is 19.1. The Morgan fingerprint density at radius 3 is 2.94 bits per heavy atom. The number of aromatic nitrogens is 1. The van der Waals surface area contributed by atoms with Gasteiger partial charge in [0.05, 0.1) is 17.6 Å². The molecule has 86 valence electrons. The minimum atomic E-state index is -0.215. The number of rotatable bonds is 1. The largest absolute Gasteiger partial charge is 0.397 e. The molecule has 1 aliphatic heterocycles. The number of nitrogen functional groups attached to an aromatic ring is 1. The Balaban J connectivity index is 2.06. The van der Waals surface area contributed by atoms with E-state index in [-0.39, 0.29) is 5.82 Å². The van der Waals surface area contributed by atoms with Crippen LogP contribution in [0.1, 0.15) is 5.56 Å². The van der Waals surface area contributed by atoms with Crippen molar-refractivity contribution in [2.45, 2.75) is 6.42 Å². The number of pyridine rings is 1. The summed E-state index contributed by atoms with van der Waals surface area (Å²) in [4.78, 5) is 6.11. The predicted molar refractivity (Wildman–Crippen MR) is 65.8 cm³/mol. The highest BCUT2D eigenvalue weighted by Gasteiger charge is 2.21. The smallest absolute Gasteiger partial charge is 0.125 e. The van der Waals surface area contributed by atoms with E-state index in [1.54, 1.807) is 18.5 Å². The third-order valence-electron chi connectivity index (χ3n) is 3.00. The van der Waals surface area contributed by atoms with Crippen molar-refractivity contribution in [1.82, 2.24) is 4.98 Å². The lowest BCUT2D eigenvalue weighted by molar-refractivity contribution is 0.628. The molecular formula is C13H12FN3. The summed E-state index contributed by atoms with van der Waals surface area (Å²) in [5.41, 5.74) is 9.32. The molecule has 2 aromatic rings. The maximum atomic E-state index is 13.3. The highest BCUT2D eigenvalue weighted by Crippen LogP contribution is 2.34. The van der Waals surface area contributed by atoms with Gasteiger partial charge >= 0.3 is 0 Å². The molecular weight excluding hydrogens is 217 g/mol. The first-order valence-electron chi connectivity index (χ1n) is 5.50. The van der Waals surface area contributed by atoms with Crippen molar-refractivity contribution in [1.29, 1.82) is 0 Å². The Labute approximate surface area is 98.7 Å². The number of hydrogen-bond donors (Lipinski definition) is 1. The predicted octanol–water partition coefficient (Wildman–Crippen LogP) is 2.50. The van der Waals surface area contributed by atoms with E-state index in [1.165, 1.54) is 6.07 Å². The maximum absolute atomic E-state index is 13.3. The molecule has 1 aromatic heterocycles. The summed E-state index contributed by atoms with van der Waals surface area (Å²) >= 11 is 0. The SMILES string of the molecule is Nc1cncc(N2CCc3ccc(F)cc32)c1. The standard InChI is InChI=1S/C13H12FN3/c14-10-2-1-9-3-4-17(13(9)5-10)12-6-11(15)7-16-8-12/h1-2,5-8H,3-4,15H2.